The van der Waals surface area contributed by atoms with Crippen molar-refractivity contribution >= 4 is 0 Å². The lowest BCUT2D eigenvalue weighted by Crippen LogP contribution is -2.11. The molecule has 4 heteroatoms. The van der Waals surface area contributed by atoms with Gasteiger partial charge in [0.2, 0.25) is 5.88 Å². The number of hydrogen-bond donors (Lipinski definition) is 1. The fourth-order valence-electron chi connectivity index (χ4n) is 1.21. The number of nitrogens with zero attached hydrogens (tertiary/aromatic N) is 1. The predicted molar refractivity (Wildman–Crippen MR) is 55.0 cm³/mol. The average molecular weight is 196 g/mol. The third-order valence-electron chi connectivity index (χ3n) is 2.00. The van der Waals surface area contributed by atoms with Crippen molar-refractivity contribution in [1.29, 1.82) is 0 Å². The summed E-state index contributed by atoms with van der Waals surface area (Å²) >= 11 is 0. The summed E-state index contributed by atoms with van der Waals surface area (Å²) < 4.78 is 10.2. The van der Waals surface area contributed by atoms with E-state index in [0.29, 0.717) is 5.88 Å². The van der Waals surface area contributed by atoms with Crippen LogP contribution in [0.4, 0.5) is 0 Å². The van der Waals surface area contributed by atoms with E-state index in [-0.39, 0.29) is 0 Å². The van der Waals surface area contributed by atoms with E-state index < -0.39 is 0 Å². The van der Waals surface area contributed by atoms with E-state index in [1.807, 2.05) is 13.1 Å². The molecule has 0 spiro atoms. The predicted octanol–water partition coefficient (Wildman–Crippen LogP) is 0.861. The van der Waals surface area contributed by atoms with Gasteiger partial charge in [-0.1, -0.05) is 0 Å². The Balaban J connectivity index is 2.84. The van der Waals surface area contributed by atoms with Gasteiger partial charge in [-0.05, 0) is 20.0 Å². The molecular formula is C10H16N2O2. The maximum atomic E-state index is 5.20. The van der Waals surface area contributed by atoms with Gasteiger partial charge in [0.15, 0.2) is 0 Å². The fraction of sp³-hybridized carbons (Fsp3) is 0.500. The van der Waals surface area contributed by atoms with Crippen LogP contribution >= 0.6 is 0 Å². The number of rotatable bonds is 5. The molecule has 1 aromatic rings. The normalized spacial score (nSPS) is 9.93. The third-order valence-corrected chi connectivity index (χ3v) is 2.00. The van der Waals surface area contributed by atoms with Crippen molar-refractivity contribution in [3.05, 3.63) is 17.8 Å². The van der Waals surface area contributed by atoms with Crippen molar-refractivity contribution in [1.82, 2.24) is 10.3 Å². The van der Waals surface area contributed by atoms with Gasteiger partial charge >= 0.3 is 0 Å². The topological polar surface area (TPSA) is 43.4 Å². The molecule has 0 bridgehead atoms. The zero-order chi connectivity index (χ0) is 10.4. The number of aromatic nitrogens is 1. The van der Waals surface area contributed by atoms with Gasteiger partial charge in [-0.15, -0.1) is 0 Å². The van der Waals surface area contributed by atoms with Gasteiger partial charge in [0, 0.05) is 11.6 Å². The van der Waals surface area contributed by atoms with Crippen molar-refractivity contribution in [2.75, 3.05) is 27.8 Å². The second-order valence-electron chi connectivity index (χ2n) is 2.89. The molecule has 0 amide bonds. The molecule has 78 valence electrons. The van der Waals surface area contributed by atoms with Crippen LogP contribution in [-0.4, -0.2) is 32.8 Å². The fourth-order valence-corrected chi connectivity index (χ4v) is 1.21. The molecule has 4 nitrogen and oxygen atoms in total. The Morgan fingerprint density at radius 2 is 2.14 bits per heavy atom. The van der Waals surface area contributed by atoms with Gasteiger partial charge in [-0.2, -0.15) is 0 Å². The van der Waals surface area contributed by atoms with E-state index >= 15 is 0 Å². The van der Waals surface area contributed by atoms with Crippen LogP contribution in [0, 0.1) is 0 Å². The minimum atomic E-state index is 0.622. The minimum Gasteiger partial charge on any atom is -0.495 e. The molecule has 1 aromatic heterocycles. The van der Waals surface area contributed by atoms with Gasteiger partial charge in [-0.3, -0.25) is 0 Å². The summed E-state index contributed by atoms with van der Waals surface area (Å²) in [5.74, 6) is 1.43. The number of hydrogen-bond acceptors (Lipinski definition) is 4. The van der Waals surface area contributed by atoms with Crippen molar-refractivity contribution in [3.8, 4) is 11.6 Å². The first kappa shape index (κ1) is 10.8. The molecule has 0 aliphatic rings. The van der Waals surface area contributed by atoms with Crippen molar-refractivity contribution in [2.24, 2.45) is 0 Å². The molecule has 14 heavy (non-hydrogen) atoms. The average Bonchev–Trinajstić information content (AvgIpc) is 2.25. The van der Waals surface area contributed by atoms with Gasteiger partial charge in [0.05, 0.1) is 20.4 Å². The van der Waals surface area contributed by atoms with E-state index in [4.69, 9.17) is 9.47 Å². The SMILES string of the molecule is CNCCc1cc(OC)ncc1OC. The number of nitrogens with one attached hydrogen (secondary N) is 1. The van der Waals surface area contributed by atoms with Crippen LogP contribution in [0.15, 0.2) is 12.3 Å². The molecule has 0 saturated carbocycles. The maximum absolute atomic E-state index is 5.20. The van der Waals surface area contributed by atoms with Crippen LogP contribution in [0.2, 0.25) is 0 Å². The highest BCUT2D eigenvalue weighted by atomic mass is 16.5. The van der Waals surface area contributed by atoms with E-state index in [9.17, 15) is 0 Å². The smallest absolute Gasteiger partial charge is 0.213 e. The van der Waals surface area contributed by atoms with Gasteiger partial charge in [-0.25, -0.2) is 4.98 Å². The molecule has 0 fully saturated rings. The summed E-state index contributed by atoms with van der Waals surface area (Å²) in [5, 5.41) is 3.09. The standard InChI is InChI=1S/C10H16N2O2/c1-11-5-4-8-6-10(14-3)12-7-9(8)13-2/h6-7,11H,4-5H2,1-3H3. The van der Waals surface area contributed by atoms with Gasteiger partial charge in [0.25, 0.3) is 0 Å². The van der Waals surface area contributed by atoms with Crippen LogP contribution < -0.4 is 14.8 Å². The Morgan fingerprint density at radius 1 is 1.36 bits per heavy atom. The quantitative estimate of drug-likeness (QED) is 0.758. The summed E-state index contributed by atoms with van der Waals surface area (Å²) in [6, 6.07) is 1.90. The van der Waals surface area contributed by atoms with Crippen LogP contribution in [-0.2, 0) is 6.42 Å². The highest BCUT2D eigenvalue weighted by Crippen LogP contribution is 2.21. The molecule has 0 saturated heterocycles. The zero-order valence-electron chi connectivity index (χ0n) is 8.83. The molecular weight excluding hydrogens is 180 g/mol. The lowest BCUT2D eigenvalue weighted by Gasteiger charge is -2.08. The largest absolute Gasteiger partial charge is 0.495 e. The number of likely N-dealkylation sites (N-methyl/N-ethyl adjacent to an activating group) is 1. The summed E-state index contributed by atoms with van der Waals surface area (Å²) in [4.78, 5) is 4.07. The number of methoxy groups -OCH3 is 2. The van der Waals surface area contributed by atoms with Crippen molar-refractivity contribution in [2.45, 2.75) is 6.42 Å². The second-order valence-corrected chi connectivity index (χ2v) is 2.89. The molecule has 0 aromatic carbocycles. The number of pyridine rings is 1. The van der Waals surface area contributed by atoms with E-state index in [1.54, 1.807) is 20.4 Å². The summed E-state index contributed by atoms with van der Waals surface area (Å²) in [6.07, 6.45) is 2.59. The van der Waals surface area contributed by atoms with Crippen LogP contribution in [0.25, 0.3) is 0 Å². The lowest BCUT2D eigenvalue weighted by atomic mass is 10.2. The summed E-state index contributed by atoms with van der Waals surface area (Å²) in [6.45, 7) is 0.906. The molecule has 1 N–H and O–H groups in total. The Labute approximate surface area is 84.3 Å². The highest BCUT2D eigenvalue weighted by Gasteiger charge is 2.04. The molecule has 1 heterocycles. The van der Waals surface area contributed by atoms with E-state index in [0.717, 1.165) is 24.3 Å². The van der Waals surface area contributed by atoms with E-state index in [1.165, 1.54) is 0 Å². The van der Waals surface area contributed by atoms with Crippen LogP contribution in [0.3, 0.4) is 0 Å². The Kier molecular flexibility index (Phi) is 4.19. The maximum Gasteiger partial charge on any atom is 0.213 e. The lowest BCUT2D eigenvalue weighted by molar-refractivity contribution is 0.384. The Bertz CT molecular complexity index is 289. The molecule has 0 unspecified atom stereocenters. The Morgan fingerprint density at radius 3 is 2.71 bits per heavy atom. The molecule has 0 radical (unpaired) electrons. The van der Waals surface area contributed by atoms with Crippen LogP contribution in [0.5, 0.6) is 11.6 Å². The zero-order valence-corrected chi connectivity index (χ0v) is 8.83. The summed E-state index contributed by atoms with van der Waals surface area (Å²) in [7, 11) is 5.17. The molecule has 0 aliphatic carbocycles. The van der Waals surface area contributed by atoms with Gasteiger partial charge in [0.1, 0.15) is 5.75 Å². The highest BCUT2D eigenvalue weighted by molar-refractivity contribution is 5.34. The van der Waals surface area contributed by atoms with Gasteiger partial charge < -0.3 is 14.8 Å². The first-order valence-electron chi connectivity index (χ1n) is 4.53. The second kappa shape index (κ2) is 5.44. The molecule has 0 aliphatic heterocycles. The monoisotopic (exact) mass is 196 g/mol. The van der Waals surface area contributed by atoms with E-state index in [2.05, 4.69) is 10.3 Å². The molecule has 1 rings (SSSR count). The van der Waals surface area contributed by atoms with Crippen molar-refractivity contribution < 1.29 is 9.47 Å². The summed E-state index contributed by atoms with van der Waals surface area (Å²) in [5.41, 5.74) is 1.11. The third kappa shape index (κ3) is 2.60. The Hall–Kier alpha value is -1.29. The minimum absolute atomic E-state index is 0.622. The first-order chi connectivity index (χ1) is 6.81. The first-order valence-corrected chi connectivity index (χ1v) is 4.53. The van der Waals surface area contributed by atoms with Crippen molar-refractivity contribution in [3.63, 3.8) is 0 Å². The van der Waals surface area contributed by atoms with Crippen LogP contribution in [0.1, 0.15) is 5.56 Å². The number of ether oxygens (including phenoxy) is 2. The molecule has 0 atom stereocenters.